The first-order valence-electron chi connectivity index (χ1n) is 9.26. The maximum absolute atomic E-state index is 12.7. The predicted molar refractivity (Wildman–Crippen MR) is 124 cm³/mol. The molecule has 3 nitrogen and oxygen atoms in total. The molecule has 4 rings (SSSR count). The molecule has 0 N–H and O–H groups in total. The van der Waals surface area contributed by atoms with E-state index in [-0.39, 0.29) is 5.91 Å². The van der Waals surface area contributed by atoms with Crippen LogP contribution in [0.15, 0.2) is 81.6 Å². The Morgan fingerprint density at radius 2 is 1.75 bits per heavy atom. The molecule has 28 heavy (non-hydrogen) atoms. The molecule has 2 heterocycles. The average molecular weight is 425 g/mol. The smallest absolute Gasteiger partial charge is 0.266 e. The fourth-order valence-electron chi connectivity index (χ4n) is 3.13. The predicted octanol–water partition coefficient (Wildman–Crippen LogP) is 6.32. The number of unbranched alkanes of at least 4 members (excludes halogenated alkanes) is 1. The summed E-state index contributed by atoms with van der Waals surface area (Å²) in [5, 5.41) is 1.08. The van der Waals surface area contributed by atoms with E-state index in [9.17, 15) is 4.79 Å². The number of nitrogens with zero attached hydrogens (tertiary/aromatic N) is 2. The molecule has 0 aliphatic carbocycles. The summed E-state index contributed by atoms with van der Waals surface area (Å²) in [5.74, 6) is 0.0204. The number of para-hydroxylation sites is 2. The second-order valence-corrected chi connectivity index (χ2v) is 9.19. The van der Waals surface area contributed by atoms with E-state index >= 15 is 0 Å². The minimum Gasteiger partial charge on any atom is -0.303 e. The van der Waals surface area contributed by atoms with Crippen LogP contribution in [0.2, 0.25) is 0 Å². The standard InChI is InChI=1S/C22H20N2OS3/c1-2-3-15-23-21(25)19(28-22(23)26)13-14-20-24(16-9-5-4-6-10-16)17-11-7-8-12-18(17)27-20/h4-14H,2-3,15H2,1H3/b19-13+,20-14-. The molecule has 142 valence electrons. The number of carbonyl (C=O) groups is 1. The van der Waals surface area contributed by atoms with Crippen LogP contribution in [0.3, 0.4) is 0 Å². The Labute approximate surface area is 179 Å². The van der Waals surface area contributed by atoms with Crippen molar-refractivity contribution in [3.63, 3.8) is 0 Å². The molecule has 2 aliphatic heterocycles. The number of thioether (sulfide) groups is 2. The van der Waals surface area contributed by atoms with E-state index in [1.807, 2.05) is 30.4 Å². The van der Waals surface area contributed by atoms with Crippen LogP contribution in [-0.4, -0.2) is 21.7 Å². The highest BCUT2D eigenvalue weighted by Crippen LogP contribution is 2.49. The molecule has 0 saturated carbocycles. The van der Waals surface area contributed by atoms with Crippen LogP contribution in [0.25, 0.3) is 0 Å². The van der Waals surface area contributed by atoms with E-state index in [0.717, 1.165) is 29.2 Å². The first-order valence-corrected chi connectivity index (χ1v) is 11.3. The molecule has 0 atom stereocenters. The summed E-state index contributed by atoms with van der Waals surface area (Å²) in [6, 6.07) is 18.6. The molecular weight excluding hydrogens is 404 g/mol. The summed E-state index contributed by atoms with van der Waals surface area (Å²) in [5.41, 5.74) is 2.27. The molecule has 2 aromatic carbocycles. The minimum atomic E-state index is 0.0204. The molecule has 0 unspecified atom stereocenters. The van der Waals surface area contributed by atoms with E-state index in [1.165, 1.54) is 16.7 Å². The summed E-state index contributed by atoms with van der Waals surface area (Å²) in [7, 11) is 0. The minimum absolute atomic E-state index is 0.0204. The summed E-state index contributed by atoms with van der Waals surface area (Å²) in [6.07, 6.45) is 5.95. The van der Waals surface area contributed by atoms with Crippen LogP contribution in [0.4, 0.5) is 11.4 Å². The normalized spacial score (nSPS) is 19.2. The molecule has 6 heteroatoms. The van der Waals surface area contributed by atoms with Gasteiger partial charge in [-0.25, -0.2) is 0 Å². The number of thiocarbonyl (C=S) groups is 1. The van der Waals surface area contributed by atoms with Crippen molar-refractivity contribution >= 4 is 57.3 Å². The fraction of sp³-hybridized carbons (Fsp3) is 0.182. The lowest BCUT2D eigenvalue weighted by Gasteiger charge is -2.20. The van der Waals surface area contributed by atoms with Gasteiger partial charge in [-0.05, 0) is 42.8 Å². The first-order chi connectivity index (χ1) is 13.7. The molecule has 1 amide bonds. The van der Waals surface area contributed by atoms with Crippen molar-refractivity contribution in [1.29, 1.82) is 0 Å². The number of rotatable bonds is 5. The van der Waals surface area contributed by atoms with Gasteiger partial charge >= 0.3 is 0 Å². The number of hydrogen-bond acceptors (Lipinski definition) is 5. The van der Waals surface area contributed by atoms with Gasteiger partial charge in [0.25, 0.3) is 5.91 Å². The Balaban J connectivity index is 1.65. The zero-order valence-electron chi connectivity index (χ0n) is 15.5. The summed E-state index contributed by atoms with van der Waals surface area (Å²) >= 11 is 8.51. The van der Waals surface area contributed by atoms with Crippen LogP contribution in [0.5, 0.6) is 0 Å². The Morgan fingerprint density at radius 1 is 1.00 bits per heavy atom. The first kappa shape index (κ1) is 19.3. The lowest BCUT2D eigenvalue weighted by Crippen LogP contribution is -2.28. The quantitative estimate of drug-likeness (QED) is 0.413. The Hall–Kier alpha value is -2.02. The molecule has 2 aromatic rings. The third-order valence-electron chi connectivity index (χ3n) is 4.54. The van der Waals surface area contributed by atoms with Gasteiger partial charge in [-0.15, -0.1) is 0 Å². The summed E-state index contributed by atoms with van der Waals surface area (Å²) < 4.78 is 0.658. The molecular formula is C22H20N2OS3. The van der Waals surface area contributed by atoms with Crippen LogP contribution in [0, 0.1) is 0 Å². The lowest BCUT2D eigenvalue weighted by molar-refractivity contribution is -0.122. The zero-order valence-corrected chi connectivity index (χ0v) is 17.9. The SMILES string of the molecule is CCCCN1C(=O)/C(=C\C=C2/Sc3ccccc3N2c2ccccc2)SC1=S. The molecule has 1 saturated heterocycles. The van der Waals surface area contributed by atoms with E-state index in [4.69, 9.17) is 12.2 Å². The number of anilines is 2. The monoisotopic (exact) mass is 424 g/mol. The number of hydrogen-bond donors (Lipinski definition) is 0. The largest absolute Gasteiger partial charge is 0.303 e. The summed E-state index contributed by atoms with van der Waals surface area (Å²) in [6.45, 7) is 2.82. The molecule has 0 bridgehead atoms. The van der Waals surface area contributed by atoms with E-state index < -0.39 is 0 Å². The van der Waals surface area contributed by atoms with E-state index in [2.05, 4.69) is 48.2 Å². The van der Waals surface area contributed by atoms with Gasteiger partial charge in [0.2, 0.25) is 0 Å². The second kappa shape index (κ2) is 8.55. The molecule has 0 radical (unpaired) electrons. The highest BCUT2D eigenvalue weighted by molar-refractivity contribution is 8.26. The number of carbonyl (C=O) groups excluding carboxylic acids is 1. The number of allylic oxidation sites excluding steroid dienone is 2. The Morgan fingerprint density at radius 3 is 2.54 bits per heavy atom. The summed E-state index contributed by atoms with van der Waals surface area (Å²) in [4.78, 5) is 18.6. The van der Waals surface area contributed by atoms with Gasteiger partial charge < -0.3 is 4.90 Å². The van der Waals surface area contributed by atoms with Crippen molar-refractivity contribution in [2.45, 2.75) is 24.7 Å². The van der Waals surface area contributed by atoms with Gasteiger partial charge in [0.1, 0.15) is 4.32 Å². The average Bonchev–Trinajstić information content (AvgIpc) is 3.22. The number of benzene rings is 2. The van der Waals surface area contributed by atoms with Crippen LogP contribution in [-0.2, 0) is 4.79 Å². The van der Waals surface area contributed by atoms with Gasteiger partial charge in [-0.1, -0.05) is 79.4 Å². The van der Waals surface area contributed by atoms with Crippen LogP contribution < -0.4 is 4.90 Å². The topological polar surface area (TPSA) is 23.6 Å². The van der Waals surface area contributed by atoms with Crippen molar-refractivity contribution in [3.05, 3.63) is 76.7 Å². The van der Waals surface area contributed by atoms with Crippen LogP contribution >= 0.6 is 35.7 Å². The fourth-order valence-corrected chi connectivity index (χ4v) is 5.44. The zero-order chi connectivity index (χ0) is 19.5. The van der Waals surface area contributed by atoms with Crippen molar-refractivity contribution in [1.82, 2.24) is 4.90 Å². The highest BCUT2D eigenvalue weighted by Gasteiger charge is 2.31. The van der Waals surface area contributed by atoms with Gasteiger partial charge in [-0.2, -0.15) is 0 Å². The van der Waals surface area contributed by atoms with Gasteiger partial charge in [0, 0.05) is 17.1 Å². The second-order valence-electron chi connectivity index (χ2n) is 6.45. The van der Waals surface area contributed by atoms with Gasteiger partial charge in [-0.3, -0.25) is 9.69 Å². The van der Waals surface area contributed by atoms with Crippen molar-refractivity contribution in [2.24, 2.45) is 0 Å². The third-order valence-corrected chi connectivity index (χ3v) is 7.03. The van der Waals surface area contributed by atoms with Crippen molar-refractivity contribution < 1.29 is 4.79 Å². The van der Waals surface area contributed by atoms with Crippen molar-refractivity contribution in [3.8, 4) is 0 Å². The highest BCUT2D eigenvalue weighted by atomic mass is 32.2. The van der Waals surface area contributed by atoms with Gasteiger partial charge in [0.05, 0.1) is 15.6 Å². The van der Waals surface area contributed by atoms with Gasteiger partial charge in [0.15, 0.2) is 0 Å². The Bertz CT molecular complexity index is 969. The van der Waals surface area contributed by atoms with E-state index in [1.54, 1.807) is 16.7 Å². The number of amides is 1. The van der Waals surface area contributed by atoms with Crippen molar-refractivity contribution in [2.75, 3.05) is 11.4 Å². The molecule has 1 fully saturated rings. The maximum Gasteiger partial charge on any atom is 0.266 e. The van der Waals surface area contributed by atoms with Crippen LogP contribution in [0.1, 0.15) is 19.8 Å². The van der Waals surface area contributed by atoms with E-state index in [0.29, 0.717) is 15.8 Å². The molecule has 2 aliphatic rings. The molecule has 0 aromatic heterocycles. The molecule has 0 spiro atoms. The number of fused-ring (bicyclic) bond motifs is 1. The lowest BCUT2D eigenvalue weighted by atomic mass is 10.2. The maximum atomic E-state index is 12.7. The Kier molecular flexibility index (Phi) is 5.90. The third kappa shape index (κ3) is 3.77.